The lowest BCUT2D eigenvalue weighted by Crippen LogP contribution is -2.26. The molecule has 2 aromatic heterocycles. The van der Waals surface area contributed by atoms with Crippen molar-refractivity contribution in [3.8, 4) is 0 Å². The molecule has 21 heavy (non-hydrogen) atoms. The minimum Gasteiger partial charge on any atom is -0.351 e. The normalized spacial score (nSPS) is 10.9. The second kappa shape index (κ2) is 6.34. The van der Waals surface area contributed by atoms with Crippen LogP contribution in [-0.4, -0.2) is 32.2 Å². The van der Waals surface area contributed by atoms with Gasteiger partial charge in [0.1, 0.15) is 5.82 Å². The van der Waals surface area contributed by atoms with Gasteiger partial charge in [-0.1, -0.05) is 0 Å². The molecular formula is C14H19N5O2. The van der Waals surface area contributed by atoms with Gasteiger partial charge in [-0.2, -0.15) is 5.10 Å². The van der Waals surface area contributed by atoms with Crippen LogP contribution < -0.4 is 10.9 Å². The zero-order valence-electron chi connectivity index (χ0n) is 12.4. The molecule has 112 valence electrons. The van der Waals surface area contributed by atoms with E-state index in [1.54, 1.807) is 24.0 Å². The molecule has 0 radical (unpaired) electrons. The molecule has 0 bridgehead atoms. The van der Waals surface area contributed by atoms with E-state index in [-0.39, 0.29) is 17.5 Å². The van der Waals surface area contributed by atoms with Crippen LogP contribution in [0.5, 0.6) is 0 Å². The first-order valence-electron chi connectivity index (χ1n) is 6.85. The number of carbonyl (C=O) groups excluding carboxylic acids is 1. The number of aromatic nitrogens is 4. The van der Waals surface area contributed by atoms with Crippen LogP contribution in [0.1, 0.15) is 41.8 Å². The van der Waals surface area contributed by atoms with Crippen molar-refractivity contribution < 1.29 is 4.79 Å². The first kappa shape index (κ1) is 15.0. The molecule has 0 saturated carbocycles. The quantitative estimate of drug-likeness (QED) is 0.852. The van der Waals surface area contributed by atoms with Crippen molar-refractivity contribution in [1.29, 1.82) is 0 Å². The molecule has 7 nitrogen and oxygen atoms in total. The molecule has 0 saturated heterocycles. The molecule has 2 aromatic rings. The number of aromatic amines is 1. The van der Waals surface area contributed by atoms with Gasteiger partial charge in [0.25, 0.3) is 11.5 Å². The lowest BCUT2D eigenvalue weighted by Gasteiger charge is -2.05. The Morgan fingerprint density at radius 2 is 2.24 bits per heavy atom. The molecule has 2 heterocycles. The first-order chi connectivity index (χ1) is 9.95. The largest absolute Gasteiger partial charge is 0.351 e. The number of amides is 1. The third kappa shape index (κ3) is 4.01. The minimum atomic E-state index is -0.183. The Hall–Kier alpha value is -2.44. The second-order valence-electron chi connectivity index (χ2n) is 5.14. The zero-order chi connectivity index (χ0) is 15.4. The monoisotopic (exact) mass is 289 g/mol. The van der Waals surface area contributed by atoms with Crippen LogP contribution in [0.25, 0.3) is 0 Å². The van der Waals surface area contributed by atoms with E-state index in [0.717, 1.165) is 0 Å². The van der Waals surface area contributed by atoms with Crippen LogP contribution in [-0.2, 0) is 6.42 Å². The van der Waals surface area contributed by atoms with E-state index in [1.165, 1.54) is 6.07 Å². The van der Waals surface area contributed by atoms with Crippen molar-refractivity contribution >= 4 is 5.91 Å². The molecular weight excluding hydrogens is 270 g/mol. The molecule has 7 heteroatoms. The lowest BCUT2D eigenvalue weighted by atomic mass is 10.3. The van der Waals surface area contributed by atoms with Crippen molar-refractivity contribution in [3.63, 3.8) is 0 Å². The Kier molecular flexibility index (Phi) is 4.52. The van der Waals surface area contributed by atoms with Crippen LogP contribution in [0.3, 0.4) is 0 Å². The van der Waals surface area contributed by atoms with Gasteiger partial charge in [-0.25, -0.2) is 4.98 Å². The Bertz CT molecular complexity index is 687. The average Bonchev–Trinajstić information content (AvgIpc) is 2.87. The van der Waals surface area contributed by atoms with Crippen LogP contribution in [0.2, 0.25) is 0 Å². The maximum Gasteiger partial charge on any atom is 0.254 e. The summed E-state index contributed by atoms with van der Waals surface area (Å²) in [4.78, 5) is 30.1. The van der Waals surface area contributed by atoms with Gasteiger partial charge in [-0.3, -0.25) is 14.3 Å². The average molecular weight is 289 g/mol. The van der Waals surface area contributed by atoms with Gasteiger partial charge in [0.15, 0.2) is 0 Å². The van der Waals surface area contributed by atoms with Gasteiger partial charge < -0.3 is 10.3 Å². The predicted molar refractivity (Wildman–Crippen MR) is 78.2 cm³/mol. The van der Waals surface area contributed by atoms with Crippen molar-refractivity contribution in [2.75, 3.05) is 6.54 Å². The SMILES string of the molecule is Cc1cc(=O)[nH]c(CCNC(=O)c2cnn(C(C)C)c2)n1. The Labute approximate surface area is 122 Å². The van der Waals surface area contributed by atoms with Crippen molar-refractivity contribution in [1.82, 2.24) is 25.1 Å². The molecule has 0 aliphatic rings. The fraction of sp³-hybridized carbons (Fsp3) is 0.429. The summed E-state index contributed by atoms with van der Waals surface area (Å²) in [6.07, 6.45) is 3.73. The van der Waals surface area contributed by atoms with E-state index in [0.29, 0.717) is 30.0 Å². The highest BCUT2D eigenvalue weighted by Crippen LogP contribution is 2.05. The Morgan fingerprint density at radius 3 is 2.86 bits per heavy atom. The fourth-order valence-corrected chi connectivity index (χ4v) is 1.89. The molecule has 0 aromatic carbocycles. The summed E-state index contributed by atoms with van der Waals surface area (Å²) in [6.45, 7) is 6.15. The fourth-order valence-electron chi connectivity index (χ4n) is 1.89. The van der Waals surface area contributed by atoms with Gasteiger partial charge in [0.05, 0.1) is 11.8 Å². The number of aryl methyl sites for hydroxylation is 1. The first-order valence-corrected chi connectivity index (χ1v) is 6.85. The highest BCUT2D eigenvalue weighted by molar-refractivity contribution is 5.93. The highest BCUT2D eigenvalue weighted by atomic mass is 16.1. The summed E-state index contributed by atoms with van der Waals surface area (Å²) in [7, 11) is 0. The van der Waals surface area contributed by atoms with Gasteiger partial charge in [-0.05, 0) is 20.8 Å². The van der Waals surface area contributed by atoms with Crippen molar-refractivity contribution in [2.24, 2.45) is 0 Å². The summed E-state index contributed by atoms with van der Waals surface area (Å²) in [5, 5.41) is 6.91. The van der Waals surface area contributed by atoms with Crippen molar-refractivity contribution in [3.05, 3.63) is 45.9 Å². The van der Waals surface area contributed by atoms with Gasteiger partial charge >= 0.3 is 0 Å². The number of nitrogens with one attached hydrogen (secondary N) is 2. The Balaban J connectivity index is 1.90. The van der Waals surface area contributed by atoms with E-state index < -0.39 is 0 Å². The third-order valence-electron chi connectivity index (χ3n) is 2.96. The molecule has 0 fully saturated rings. The maximum atomic E-state index is 11.9. The number of nitrogens with zero attached hydrogens (tertiary/aromatic N) is 3. The molecule has 0 atom stereocenters. The summed E-state index contributed by atoms with van der Waals surface area (Å²) in [5.74, 6) is 0.384. The zero-order valence-corrected chi connectivity index (χ0v) is 12.4. The Morgan fingerprint density at radius 1 is 1.48 bits per heavy atom. The summed E-state index contributed by atoms with van der Waals surface area (Å²) in [5.41, 5.74) is 1.01. The number of hydrogen-bond acceptors (Lipinski definition) is 4. The predicted octanol–water partition coefficient (Wildman–Crippen LogP) is 0.828. The van der Waals surface area contributed by atoms with Gasteiger partial charge in [0, 0.05) is 37.0 Å². The van der Waals surface area contributed by atoms with Gasteiger partial charge in [0.2, 0.25) is 0 Å². The van der Waals surface area contributed by atoms with E-state index in [1.807, 2.05) is 13.8 Å². The summed E-state index contributed by atoms with van der Waals surface area (Å²) >= 11 is 0. The van der Waals surface area contributed by atoms with Crippen LogP contribution in [0.15, 0.2) is 23.3 Å². The third-order valence-corrected chi connectivity index (χ3v) is 2.96. The van der Waals surface area contributed by atoms with Crippen LogP contribution in [0.4, 0.5) is 0 Å². The smallest absolute Gasteiger partial charge is 0.254 e. The molecule has 0 aliphatic carbocycles. The standard InChI is InChI=1S/C14H19N5O2/c1-9(2)19-8-11(7-16-19)14(21)15-5-4-12-17-10(3)6-13(20)18-12/h6-9H,4-5H2,1-3H3,(H,15,21)(H,17,18,20). The number of H-pyrrole nitrogens is 1. The van der Waals surface area contributed by atoms with Crippen LogP contribution in [0, 0.1) is 6.92 Å². The van der Waals surface area contributed by atoms with E-state index in [9.17, 15) is 9.59 Å². The second-order valence-corrected chi connectivity index (χ2v) is 5.14. The van der Waals surface area contributed by atoms with Crippen LogP contribution >= 0.6 is 0 Å². The molecule has 0 spiro atoms. The van der Waals surface area contributed by atoms with E-state index in [2.05, 4.69) is 20.4 Å². The summed E-state index contributed by atoms with van der Waals surface area (Å²) in [6, 6.07) is 1.65. The number of hydrogen-bond donors (Lipinski definition) is 2. The molecule has 0 unspecified atom stereocenters. The van der Waals surface area contributed by atoms with E-state index in [4.69, 9.17) is 0 Å². The number of rotatable bonds is 5. The van der Waals surface area contributed by atoms with Gasteiger partial charge in [-0.15, -0.1) is 0 Å². The van der Waals surface area contributed by atoms with Crippen molar-refractivity contribution in [2.45, 2.75) is 33.2 Å². The van der Waals surface area contributed by atoms with E-state index >= 15 is 0 Å². The number of carbonyl (C=O) groups is 1. The lowest BCUT2D eigenvalue weighted by molar-refractivity contribution is 0.0954. The highest BCUT2D eigenvalue weighted by Gasteiger charge is 2.09. The maximum absolute atomic E-state index is 11.9. The topological polar surface area (TPSA) is 92.7 Å². The summed E-state index contributed by atoms with van der Waals surface area (Å²) < 4.78 is 1.73. The molecule has 2 rings (SSSR count). The molecule has 1 amide bonds. The minimum absolute atomic E-state index is 0.179. The molecule has 0 aliphatic heterocycles. The molecule has 2 N–H and O–H groups in total.